The molecule has 2 heteroatoms. The Morgan fingerprint density at radius 2 is 1.75 bits per heavy atom. The van der Waals surface area contributed by atoms with Gasteiger partial charge in [-0.1, -0.05) is 20.3 Å². The van der Waals surface area contributed by atoms with Gasteiger partial charge in [-0.3, -0.25) is 4.79 Å². The summed E-state index contributed by atoms with van der Waals surface area (Å²) in [7, 11) is 0. The van der Waals surface area contributed by atoms with Gasteiger partial charge in [0, 0.05) is 6.42 Å². The highest BCUT2D eigenvalue weighted by atomic mass is 16.1. The van der Waals surface area contributed by atoms with Crippen molar-refractivity contribution in [1.29, 1.82) is 0 Å². The van der Waals surface area contributed by atoms with Crippen LogP contribution in [-0.4, -0.2) is 30.8 Å². The van der Waals surface area contributed by atoms with E-state index in [0.717, 1.165) is 25.9 Å². The van der Waals surface area contributed by atoms with Crippen LogP contribution in [0.4, 0.5) is 0 Å². The summed E-state index contributed by atoms with van der Waals surface area (Å²) in [6.45, 7) is 7.81. The molecule has 0 aromatic heterocycles. The van der Waals surface area contributed by atoms with Crippen molar-refractivity contribution in [3.8, 4) is 0 Å². The normalized spacial score (nSPS) is 10.6. The zero-order chi connectivity index (χ0) is 9.23. The fraction of sp³-hybridized carbons (Fsp3) is 0.900. The first-order valence-electron chi connectivity index (χ1n) is 4.92. The molecule has 0 rings (SSSR count). The van der Waals surface area contributed by atoms with E-state index in [4.69, 9.17) is 0 Å². The summed E-state index contributed by atoms with van der Waals surface area (Å²) in [5, 5.41) is 0. The first kappa shape index (κ1) is 11.6. The van der Waals surface area contributed by atoms with Crippen LogP contribution in [0.3, 0.4) is 0 Å². The molecule has 0 unspecified atom stereocenters. The van der Waals surface area contributed by atoms with Gasteiger partial charge in [0.25, 0.3) is 0 Å². The Labute approximate surface area is 75.9 Å². The molecule has 12 heavy (non-hydrogen) atoms. The Kier molecular flexibility index (Phi) is 8.46. The maximum atomic E-state index is 9.88. The van der Waals surface area contributed by atoms with E-state index in [1.165, 1.54) is 13.0 Å². The number of nitrogens with zero attached hydrogens (tertiary/aromatic N) is 1. The lowest BCUT2D eigenvalue weighted by atomic mass is 10.2. The van der Waals surface area contributed by atoms with Crippen LogP contribution in [0.5, 0.6) is 0 Å². The highest BCUT2D eigenvalue weighted by molar-refractivity contribution is 5.50. The standard InChI is InChI=1S/C10H20NO/c1-3-11(4-2)9-7-5-6-8-10-12/h3-9H2,1-2H3. The fourth-order valence-corrected chi connectivity index (χ4v) is 1.25. The van der Waals surface area contributed by atoms with Gasteiger partial charge in [-0.15, -0.1) is 0 Å². The number of carbonyl (C=O) groups excluding carboxylic acids is 1. The van der Waals surface area contributed by atoms with E-state index >= 15 is 0 Å². The summed E-state index contributed by atoms with van der Waals surface area (Å²) in [6.07, 6.45) is 5.90. The Morgan fingerprint density at radius 1 is 1.08 bits per heavy atom. The molecule has 0 fully saturated rings. The van der Waals surface area contributed by atoms with Crippen LogP contribution in [0.15, 0.2) is 0 Å². The molecule has 0 spiro atoms. The van der Waals surface area contributed by atoms with Gasteiger partial charge in [-0.05, 0) is 32.5 Å². The average Bonchev–Trinajstić information content (AvgIpc) is 2.11. The van der Waals surface area contributed by atoms with Gasteiger partial charge in [0.1, 0.15) is 0 Å². The van der Waals surface area contributed by atoms with Gasteiger partial charge in [0.05, 0.1) is 0 Å². The molecular formula is C10H20NO. The predicted octanol–water partition coefficient (Wildman–Crippen LogP) is 2.00. The minimum Gasteiger partial charge on any atom is -0.304 e. The molecule has 0 N–H and O–H groups in total. The zero-order valence-electron chi connectivity index (χ0n) is 8.31. The topological polar surface area (TPSA) is 20.3 Å². The summed E-state index contributed by atoms with van der Waals surface area (Å²) >= 11 is 0. The molecule has 0 amide bonds. The summed E-state index contributed by atoms with van der Waals surface area (Å²) in [5.41, 5.74) is 0. The maximum absolute atomic E-state index is 9.88. The highest BCUT2D eigenvalue weighted by Crippen LogP contribution is 2.00. The highest BCUT2D eigenvalue weighted by Gasteiger charge is 1.97. The minimum absolute atomic E-state index is 0.609. The van der Waals surface area contributed by atoms with E-state index in [2.05, 4.69) is 18.7 Å². The number of rotatable bonds is 8. The van der Waals surface area contributed by atoms with Crippen molar-refractivity contribution in [2.75, 3.05) is 19.6 Å². The lowest BCUT2D eigenvalue weighted by Gasteiger charge is -2.17. The van der Waals surface area contributed by atoms with Crippen molar-refractivity contribution in [1.82, 2.24) is 4.90 Å². The molecular weight excluding hydrogens is 150 g/mol. The molecule has 0 aliphatic rings. The van der Waals surface area contributed by atoms with Crippen LogP contribution in [-0.2, 0) is 4.79 Å². The van der Waals surface area contributed by atoms with Gasteiger partial charge in [0.2, 0.25) is 0 Å². The maximum Gasteiger partial charge on any atom is 0.198 e. The first-order chi connectivity index (χ1) is 5.85. The number of unbranched alkanes of at least 4 members (excludes halogenated alkanes) is 3. The van der Waals surface area contributed by atoms with Crippen molar-refractivity contribution < 1.29 is 4.79 Å². The van der Waals surface area contributed by atoms with Crippen LogP contribution in [0.1, 0.15) is 39.5 Å². The van der Waals surface area contributed by atoms with Crippen LogP contribution in [0.2, 0.25) is 0 Å². The molecule has 0 heterocycles. The Hall–Kier alpha value is -0.370. The molecule has 0 bridgehead atoms. The van der Waals surface area contributed by atoms with E-state index in [0.29, 0.717) is 6.42 Å². The molecule has 1 radical (unpaired) electrons. The monoisotopic (exact) mass is 170 g/mol. The molecule has 0 atom stereocenters. The lowest BCUT2D eigenvalue weighted by molar-refractivity contribution is 0.296. The second kappa shape index (κ2) is 8.72. The summed E-state index contributed by atoms with van der Waals surface area (Å²) in [4.78, 5) is 12.3. The SMILES string of the molecule is CCN(CC)CCCCC[C]=O. The van der Waals surface area contributed by atoms with Gasteiger partial charge in [-0.2, -0.15) is 0 Å². The Morgan fingerprint density at radius 3 is 2.25 bits per heavy atom. The quantitative estimate of drug-likeness (QED) is 0.519. The van der Waals surface area contributed by atoms with E-state index in [1.54, 1.807) is 0 Å². The molecule has 0 saturated carbocycles. The predicted molar refractivity (Wildman–Crippen MR) is 51.9 cm³/mol. The number of hydrogen-bond acceptors (Lipinski definition) is 2. The molecule has 0 aliphatic heterocycles. The first-order valence-corrected chi connectivity index (χ1v) is 4.92. The zero-order valence-corrected chi connectivity index (χ0v) is 8.31. The third-order valence-corrected chi connectivity index (χ3v) is 2.15. The van der Waals surface area contributed by atoms with Crippen molar-refractivity contribution in [3.05, 3.63) is 0 Å². The van der Waals surface area contributed by atoms with E-state index in [1.807, 2.05) is 6.29 Å². The van der Waals surface area contributed by atoms with E-state index in [9.17, 15) is 4.79 Å². The Bertz CT molecular complexity index is 100. The van der Waals surface area contributed by atoms with E-state index < -0.39 is 0 Å². The molecule has 2 nitrogen and oxygen atoms in total. The van der Waals surface area contributed by atoms with Crippen LogP contribution in [0, 0.1) is 0 Å². The van der Waals surface area contributed by atoms with Crippen LogP contribution < -0.4 is 0 Å². The fourth-order valence-electron chi connectivity index (χ4n) is 1.25. The molecule has 0 aromatic carbocycles. The summed E-state index contributed by atoms with van der Waals surface area (Å²) < 4.78 is 0. The van der Waals surface area contributed by atoms with Crippen molar-refractivity contribution in [2.45, 2.75) is 39.5 Å². The van der Waals surface area contributed by atoms with Gasteiger partial charge in [-0.25, -0.2) is 0 Å². The summed E-state index contributed by atoms with van der Waals surface area (Å²) in [6, 6.07) is 0. The average molecular weight is 170 g/mol. The third-order valence-electron chi connectivity index (χ3n) is 2.15. The summed E-state index contributed by atoms with van der Waals surface area (Å²) in [5.74, 6) is 0. The molecule has 0 aliphatic carbocycles. The van der Waals surface area contributed by atoms with Crippen LogP contribution >= 0.6 is 0 Å². The minimum atomic E-state index is 0.609. The second-order valence-corrected chi connectivity index (χ2v) is 2.98. The molecule has 71 valence electrons. The van der Waals surface area contributed by atoms with Crippen LogP contribution in [0.25, 0.3) is 0 Å². The van der Waals surface area contributed by atoms with Crippen molar-refractivity contribution >= 4 is 6.29 Å². The molecule has 0 aromatic rings. The smallest absolute Gasteiger partial charge is 0.198 e. The lowest BCUT2D eigenvalue weighted by Crippen LogP contribution is -2.23. The Balaban J connectivity index is 3.11. The largest absolute Gasteiger partial charge is 0.304 e. The third kappa shape index (κ3) is 6.35. The van der Waals surface area contributed by atoms with Gasteiger partial charge >= 0.3 is 0 Å². The molecule has 0 saturated heterocycles. The van der Waals surface area contributed by atoms with E-state index in [-0.39, 0.29) is 0 Å². The van der Waals surface area contributed by atoms with Gasteiger partial charge < -0.3 is 4.90 Å². The number of hydrogen-bond donors (Lipinski definition) is 0. The second-order valence-electron chi connectivity index (χ2n) is 2.98. The van der Waals surface area contributed by atoms with Gasteiger partial charge in [0.15, 0.2) is 6.29 Å². The van der Waals surface area contributed by atoms with Crippen molar-refractivity contribution in [3.63, 3.8) is 0 Å². The van der Waals surface area contributed by atoms with Crippen molar-refractivity contribution in [2.24, 2.45) is 0 Å².